The summed E-state index contributed by atoms with van der Waals surface area (Å²) in [6, 6.07) is 0.822. The van der Waals surface area contributed by atoms with Crippen molar-refractivity contribution in [3.8, 4) is 0 Å². The molecule has 2 N–H and O–H groups in total. The van der Waals surface area contributed by atoms with Crippen LogP contribution in [0.4, 0.5) is 18.3 Å². The standard InChI is InChI=1S/C14H12F3N5O2S2/c1-2-3-22-13(24)20-21-14(22)25-5-8(23)18-12-19-11-7(26-12)4-6(15)9(16)10(11)17/h4H,2-3,5H2,1H3,(H,20,24)(H,18,19,23). The quantitative estimate of drug-likeness (QED) is 0.488. The van der Waals surface area contributed by atoms with E-state index in [2.05, 4.69) is 20.5 Å². The van der Waals surface area contributed by atoms with Crippen molar-refractivity contribution >= 4 is 44.4 Å². The van der Waals surface area contributed by atoms with Crippen LogP contribution in [0.2, 0.25) is 0 Å². The summed E-state index contributed by atoms with van der Waals surface area (Å²) in [5, 5.41) is 8.97. The van der Waals surface area contributed by atoms with Gasteiger partial charge in [-0.1, -0.05) is 30.0 Å². The molecule has 0 saturated carbocycles. The van der Waals surface area contributed by atoms with E-state index in [1.54, 1.807) is 0 Å². The summed E-state index contributed by atoms with van der Waals surface area (Å²) in [6.45, 7) is 2.37. The molecule has 12 heteroatoms. The van der Waals surface area contributed by atoms with Gasteiger partial charge in [-0.3, -0.25) is 9.36 Å². The van der Waals surface area contributed by atoms with Crippen molar-refractivity contribution in [2.45, 2.75) is 25.0 Å². The summed E-state index contributed by atoms with van der Waals surface area (Å²) in [4.78, 5) is 27.4. The normalized spacial score (nSPS) is 11.2. The van der Waals surface area contributed by atoms with Crippen molar-refractivity contribution in [1.29, 1.82) is 0 Å². The molecule has 1 aromatic carbocycles. The van der Waals surface area contributed by atoms with Gasteiger partial charge >= 0.3 is 5.69 Å². The number of amides is 1. The number of benzene rings is 1. The third-order valence-corrected chi connectivity index (χ3v) is 5.16. The molecule has 1 amide bonds. The first-order chi connectivity index (χ1) is 12.4. The van der Waals surface area contributed by atoms with Gasteiger partial charge < -0.3 is 5.32 Å². The summed E-state index contributed by atoms with van der Waals surface area (Å²) < 4.78 is 41.6. The Bertz CT molecular complexity index is 1030. The number of rotatable bonds is 6. The fourth-order valence-corrected chi connectivity index (χ4v) is 3.82. The van der Waals surface area contributed by atoms with Gasteiger partial charge in [0.25, 0.3) is 0 Å². The van der Waals surface area contributed by atoms with Gasteiger partial charge in [-0.2, -0.15) is 0 Å². The highest BCUT2D eigenvalue weighted by molar-refractivity contribution is 7.99. The van der Waals surface area contributed by atoms with Crippen LogP contribution in [0.5, 0.6) is 0 Å². The Morgan fingerprint density at radius 1 is 1.38 bits per heavy atom. The van der Waals surface area contributed by atoms with Gasteiger partial charge in [0.15, 0.2) is 27.7 Å². The molecular weight excluding hydrogens is 391 g/mol. The fourth-order valence-electron chi connectivity index (χ4n) is 2.15. The van der Waals surface area contributed by atoms with Crippen molar-refractivity contribution in [2.24, 2.45) is 0 Å². The van der Waals surface area contributed by atoms with E-state index in [0.717, 1.165) is 35.6 Å². The van der Waals surface area contributed by atoms with E-state index in [9.17, 15) is 22.8 Å². The number of nitrogens with zero attached hydrogens (tertiary/aromatic N) is 3. The maximum atomic E-state index is 13.7. The van der Waals surface area contributed by atoms with Gasteiger partial charge in [0, 0.05) is 6.54 Å². The average Bonchev–Trinajstić information content (AvgIpc) is 3.15. The molecule has 0 unspecified atom stereocenters. The summed E-state index contributed by atoms with van der Waals surface area (Å²) >= 11 is 1.87. The highest BCUT2D eigenvalue weighted by Gasteiger charge is 2.18. The van der Waals surface area contributed by atoms with Crippen LogP contribution >= 0.6 is 23.1 Å². The second-order valence-electron chi connectivity index (χ2n) is 5.15. The molecule has 0 aliphatic heterocycles. The zero-order valence-corrected chi connectivity index (χ0v) is 14.9. The van der Waals surface area contributed by atoms with Crippen LogP contribution in [-0.4, -0.2) is 31.4 Å². The van der Waals surface area contributed by atoms with Gasteiger partial charge in [0.05, 0.1) is 10.5 Å². The van der Waals surface area contributed by atoms with E-state index in [0.29, 0.717) is 11.7 Å². The first kappa shape index (κ1) is 18.5. The third kappa shape index (κ3) is 3.60. The highest BCUT2D eigenvalue weighted by atomic mass is 32.2. The number of hydrogen-bond acceptors (Lipinski definition) is 6. The predicted octanol–water partition coefficient (Wildman–Crippen LogP) is 2.74. The molecule has 0 aliphatic rings. The lowest BCUT2D eigenvalue weighted by molar-refractivity contribution is -0.113. The van der Waals surface area contributed by atoms with Gasteiger partial charge in [-0.05, 0) is 12.5 Å². The SMILES string of the molecule is CCCn1c(SCC(=O)Nc2nc3c(F)c(F)c(F)cc3s2)n[nH]c1=O. The fraction of sp³-hybridized carbons (Fsp3) is 0.286. The van der Waals surface area contributed by atoms with Crippen molar-refractivity contribution < 1.29 is 18.0 Å². The molecule has 0 spiro atoms. The number of thioether (sulfide) groups is 1. The van der Waals surface area contributed by atoms with Crippen LogP contribution in [-0.2, 0) is 11.3 Å². The number of aromatic nitrogens is 4. The Morgan fingerprint density at radius 2 is 2.15 bits per heavy atom. The van der Waals surface area contributed by atoms with Crippen LogP contribution in [0.25, 0.3) is 10.2 Å². The van der Waals surface area contributed by atoms with E-state index >= 15 is 0 Å². The molecule has 0 fully saturated rings. The zero-order valence-electron chi connectivity index (χ0n) is 13.3. The van der Waals surface area contributed by atoms with E-state index in [4.69, 9.17) is 0 Å². The van der Waals surface area contributed by atoms with Gasteiger partial charge in [-0.25, -0.2) is 28.0 Å². The third-order valence-electron chi connectivity index (χ3n) is 3.27. The maximum absolute atomic E-state index is 13.7. The van der Waals surface area contributed by atoms with Crippen LogP contribution in [0.3, 0.4) is 0 Å². The summed E-state index contributed by atoms with van der Waals surface area (Å²) in [7, 11) is 0. The lowest BCUT2D eigenvalue weighted by atomic mass is 10.3. The molecule has 138 valence electrons. The molecule has 0 saturated heterocycles. The van der Waals surface area contributed by atoms with Gasteiger partial charge in [0.2, 0.25) is 5.91 Å². The number of nitrogens with one attached hydrogen (secondary N) is 2. The van der Waals surface area contributed by atoms with Crippen LogP contribution in [0.15, 0.2) is 16.0 Å². The predicted molar refractivity (Wildman–Crippen MR) is 92.0 cm³/mol. The van der Waals surface area contributed by atoms with E-state index < -0.39 is 23.4 Å². The molecular formula is C14H12F3N5O2S2. The van der Waals surface area contributed by atoms with Crippen molar-refractivity contribution in [3.05, 3.63) is 34.0 Å². The minimum Gasteiger partial charge on any atom is -0.301 e. The molecule has 2 heterocycles. The molecule has 7 nitrogen and oxygen atoms in total. The average molecular weight is 403 g/mol. The zero-order chi connectivity index (χ0) is 18.8. The Morgan fingerprint density at radius 3 is 2.88 bits per heavy atom. The summed E-state index contributed by atoms with van der Waals surface area (Å²) in [5.74, 6) is -4.88. The monoisotopic (exact) mass is 403 g/mol. The maximum Gasteiger partial charge on any atom is 0.343 e. The summed E-state index contributed by atoms with van der Waals surface area (Å²) in [5.41, 5.74) is -0.707. The minimum absolute atomic E-state index is 0.0162. The van der Waals surface area contributed by atoms with E-state index in [-0.39, 0.29) is 26.8 Å². The molecule has 26 heavy (non-hydrogen) atoms. The van der Waals surface area contributed by atoms with E-state index in [1.807, 2.05) is 6.92 Å². The van der Waals surface area contributed by atoms with Crippen LogP contribution in [0.1, 0.15) is 13.3 Å². The molecule has 0 radical (unpaired) electrons. The second kappa shape index (κ2) is 7.50. The number of thiazole rings is 1. The Kier molecular flexibility index (Phi) is 5.32. The van der Waals surface area contributed by atoms with Gasteiger partial charge in [0.1, 0.15) is 5.52 Å². The summed E-state index contributed by atoms with van der Waals surface area (Å²) in [6.07, 6.45) is 0.726. The molecule has 0 atom stereocenters. The Balaban J connectivity index is 1.70. The first-order valence-electron chi connectivity index (χ1n) is 7.42. The number of H-pyrrole nitrogens is 1. The minimum atomic E-state index is -1.61. The molecule has 3 aromatic rings. The van der Waals surface area contributed by atoms with Crippen LogP contribution in [0, 0.1) is 17.5 Å². The number of halogens is 3. The number of hydrogen-bond donors (Lipinski definition) is 2. The Hall–Kier alpha value is -2.34. The lowest BCUT2D eigenvalue weighted by Gasteiger charge is -2.03. The van der Waals surface area contributed by atoms with Crippen molar-refractivity contribution in [3.63, 3.8) is 0 Å². The Labute approximate surface area is 152 Å². The topological polar surface area (TPSA) is 92.7 Å². The van der Waals surface area contributed by atoms with E-state index in [1.165, 1.54) is 4.57 Å². The van der Waals surface area contributed by atoms with Crippen molar-refractivity contribution in [2.75, 3.05) is 11.1 Å². The number of aromatic amines is 1. The molecule has 0 aliphatic carbocycles. The first-order valence-corrected chi connectivity index (χ1v) is 9.22. The number of carbonyl (C=O) groups excluding carboxylic acids is 1. The van der Waals surface area contributed by atoms with Gasteiger partial charge in [-0.15, -0.1) is 5.10 Å². The molecule has 2 aromatic heterocycles. The smallest absolute Gasteiger partial charge is 0.301 e. The lowest BCUT2D eigenvalue weighted by Crippen LogP contribution is -2.18. The highest BCUT2D eigenvalue weighted by Crippen LogP contribution is 2.30. The van der Waals surface area contributed by atoms with Crippen LogP contribution < -0.4 is 11.0 Å². The number of anilines is 1. The van der Waals surface area contributed by atoms with Crippen molar-refractivity contribution in [1.82, 2.24) is 19.7 Å². The largest absolute Gasteiger partial charge is 0.343 e. The number of fused-ring (bicyclic) bond motifs is 1. The second-order valence-corrected chi connectivity index (χ2v) is 7.13. The molecule has 3 rings (SSSR count). The number of carbonyl (C=O) groups is 1. The molecule has 0 bridgehead atoms.